The van der Waals surface area contributed by atoms with E-state index in [4.69, 9.17) is 39.5 Å². The summed E-state index contributed by atoms with van der Waals surface area (Å²) >= 11 is 0. The Bertz CT molecular complexity index is 1000. The summed E-state index contributed by atoms with van der Waals surface area (Å²) in [7, 11) is 2.00. The van der Waals surface area contributed by atoms with Crippen LogP contribution >= 0.6 is 0 Å². The third kappa shape index (κ3) is 20.4. The molecule has 0 atom stereocenters. The highest BCUT2D eigenvalue weighted by Crippen LogP contribution is 2.33. The summed E-state index contributed by atoms with van der Waals surface area (Å²) in [4.78, 5) is 16.0. The van der Waals surface area contributed by atoms with E-state index in [-0.39, 0.29) is 19.6 Å². The lowest BCUT2D eigenvalue weighted by atomic mass is 9.94. The molecule has 0 fully saturated rings. The number of ether oxygens (including phenoxy) is 2. The van der Waals surface area contributed by atoms with Gasteiger partial charge in [0.15, 0.2) is 0 Å². The first-order valence-electron chi connectivity index (χ1n) is 13.8. The van der Waals surface area contributed by atoms with Crippen molar-refractivity contribution in [3.8, 4) is 22.6 Å². The molecule has 8 nitrogen and oxygen atoms in total. The van der Waals surface area contributed by atoms with Gasteiger partial charge in [0.05, 0.1) is 26.4 Å². The van der Waals surface area contributed by atoms with Gasteiger partial charge in [0.1, 0.15) is 25.1 Å². The Kier molecular flexibility index (Phi) is 28.9. The van der Waals surface area contributed by atoms with Crippen LogP contribution in [0.4, 0.5) is 13.2 Å². The van der Waals surface area contributed by atoms with E-state index in [1.54, 1.807) is 6.07 Å². The summed E-state index contributed by atoms with van der Waals surface area (Å²) < 4.78 is 49.1. The van der Waals surface area contributed by atoms with Gasteiger partial charge < -0.3 is 39.5 Å². The van der Waals surface area contributed by atoms with Crippen LogP contribution in [0.2, 0.25) is 0 Å². The Hall–Kier alpha value is -3.51. The van der Waals surface area contributed by atoms with Crippen LogP contribution in [0.15, 0.2) is 60.7 Å². The molecule has 11 heteroatoms. The van der Waals surface area contributed by atoms with Gasteiger partial charge in [-0.1, -0.05) is 38.3 Å². The van der Waals surface area contributed by atoms with Gasteiger partial charge in [-0.05, 0) is 71.2 Å². The van der Waals surface area contributed by atoms with Gasteiger partial charge in [-0.15, -0.1) is 0 Å². The molecule has 2 aromatic carbocycles. The largest absolute Gasteiger partial charge is 0.493 e. The molecule has 0 radical (unpaired) electrons. The predicted octanol–water partition coefficient (Wildman–Crippen LogP) is 5.67. The lowest BCUT2D eigenvalue weighted by molar-refractivity contribution is -0.135. The number of aliphatic hydroxyl groups excluding tert-OH is 4. The van der Waals surface area contributed by atoms with E-state index in [2.05, 4.69) is 19.2 Å². The van der Waals surface area contributed by atoms with Crippen molar-refractivity contribution in [1.82, 2.24) is 0 Å². The van der Waals surface area contributed by atoms with Gasteiger partial charge in [0.2, 0.25) is 0 Å². The number of hydrogen-bond acceptors (Lipinski definition) is 8. The monoisotopic (exact) mass is 630 g/mol. The third-order valence-corrected chi connectivity index (χ3v) is 5.81. The molecule has 4 N–H and O–H groups in total. The maximum absolute atomic E-state index is 12.4. The van der Waals surface area contributed by atoms with Gasteiger partial charge in [-0.2, -0.15) is 13.2 Å². The third-order valence-electron chi connectivity index (χ3n) is 5.81. The van der Waals surface area contributed by atoms with E-state index in [1.807, 2.05) is 44.8 Å². The fourth-order valence-corrected chi connectivity index (χ4v) is 3.71. The Morgan fingerprint density at radius 3 is 1.66 bits per heavy atom. The molecule has 2 aromatic rings. The molecule has 0 saturated heterocycles. The average Bonchev–Trinajstić information content (AvgIpc) is 3.06. The summed E-state index contributed by atoms with van der Waals surface area (Å²) in [5.41, 5.74) is 5.39. The van der Waals surface area contributed by atoms with Crippen LogP contribution in [0.25, 0.3) is 11.1 Å². The molecule has 0 aliphatic rings. The van der Waals surface area contributed by atoms with Crippen molar-refractivity contribution in [3.05, 3.63) is 71.8 Å². The molecule has 44 heavy (non-hydrogen) atoms. The van der Waals surface area contributed by atoms with E-state index < -0.39 is 12.6 Å². The zero-order chi connectivity index (χ0) is 34.6. The van der Waals surface area contributed by atoms with Crippen molar-refractivity contribution in [2.45, 2.75) is 58.0 Å². The minimum atomic E-state index is -4.11. The minimum Gasteiger partial charge on any atom is -0.493 e. The summed E-state index contributed by atoms with van der Waals surface area (Å²) in [6.07, 6.45) is -1.84. The molecule has 0 bridgehead atoms. The number of carbonyl (C=O) groups is 2. The number of aliphatic hydroxyl groups is 4. The SMILES string of the molecule is C=C(CO)CCOc1cc(OCCC(=C)CO)cc(-c2ccc(CCCCC(F)(F)F)cc2CC)c1.C=O.C=O.CO.CO. The van der Waals surface area contributed by atoms with Crippen molar-refractivity contribution in [2.24, 2.45) is 0 Å². The van der Waals surface area contributed by atoms with Crippen LogP contribution in [0.3, 0.4) is 0 Å². The molecule has 2 rings (SSSR count). The maximum atomic E-state index is 12.4. The predicted molar refractivity (Wildman–Crippen MR) is 168 cm³/mol. The number of halogens is 3. The van der Waals surface area contributed by atoms with Crippen LogP contribution < -0.4 is 9.47 Å². The molecule has 0 aromatic heterocycles. The van der Waals surface area contributed by atoms with Crippen molar-refractivity contribution in [1.29, 1.82) is 0 Å². The zero-order valence-corrected chi connectivity index (χ0v) is 26.1. The number of rotatable bonds is 16. The highest BCUT2D eigenvalue weighted by Gasteiger charge is 2.25. The summed E-state index contributed by atoms with van der Waals surface area (Å²) in [5.74, 6) is 1.24. The Labute approximate surface area is 259 Å². The molecule has 0 saturated carbocycles. The molecular weight excluding hydrogens is 581 g/mol. The fraction of sp³-hybridized carbons (Fsp3) is 0.455. The summed E-state index contributed by atoms with van der Waals surface area (Å²) in [5, 5.41) is 32.3. The first-order valence-corrected chi connectivity index (χ1v) is 13.8. The first kappa shape index (κ1) is 44.9. The smallest absolute Gasteiger partial charge is 0.389 e. The van der Waals surface area contributed by atoms with E-state index in [0.717, 1.165) is 42.9 Å². The van der Waals surface area contributed by atoms with Crippen molar-refractivity contribution >= 4 is 13.6 Å². The van der Waals surface area contributed by atoms with Crippen molar-refractivity contribution in [2.75, 3.05) is 40.6 Å². The summed E-state index contributed by atoms with van der Waals surface area (Å²) in [6.45, 7) is 14.2. The van der Waals surface area contributed by atoms with Gasteiger partial charge >= 0.3 is 6.18 Å². The lowest BCUT2D eigenvalue weighted by Gasteiger charge is -2.16. The second-order valence-corrected chi connectivity index (χ2v) is 8.87. The normalized spacial score (nSPS) is 9.77. The van der Waals surface area contributed by atoms with E-state index in [9.17, 15) is 13.2 Å². The standard InChI is InChI=1S/C29H37F3O4.2CH4O.2CH2O/c1-4-24-15-23(7-5-6-12-29(30,31)32)8-9-28(24)25-16-26(35-13-10-21(2)19-33)18-27(17-25)36-14-11-22(3)20-34;4*1-2/h8-9,15-18,33-34H,2-7,10-14,19-20H2,1H3;2*2H,1H3;2*1H2. The number of alkyl halides is 3. The van der Waals surface area contributed by atoms with Gasteiger partial charge in [-0.3, -0.25) is 0 Å². The average molecular weight is 631 g/mol. The van der Waals surface area contributed by atoms with Crippen LogP contribution in [-0.4, -0.2) is 80.8 Å². The second-order valence-electron chi connectivity index (χ2n) is 8.87. The quantitative estimate of drug-likeness (QED) is 0.138. The summed E-state index contributed by atoms with van der Waals surface area (Å²) in [6, 6.07) is 11.7. The van der Waals surface area contributed by atoms with E-state index >= 15 is 0 Å². The van der Waals surface area contributed by atoms with Gasteiger partial charge in [0.25, 0.3) is 0 Å². The van der Waals surface area contributed by atoms with E-state index in [1.165, 1.54) is 0 Å². The fourth-order valence-electron chi connectivity index (χ4n) is 3.71. The van der Waals surface area contributed by atoms with Crippen LogP contribution in [0, 0.1) is 0 Å². The Balaban J connectivity index is -0.00000194. The van der Waals surface area contributed by atoms with Gasteiger partial charge in [0, 0.05) is 39.5 Å². The Morgan fingerprint density at radius 1 is 0.773 bits per heavy atom. The molecule has 250 valence electrons. The highest BCUT2D eigenvalue weighted by molar-refractivity contribution is 5.71. The lowest BCUT2D eigenvalue weighted by Crippen LogP contribution is -2.06. The maximum Gasteiger partial charge on any atom is 0.389 e. The van der Waals surface area contributed by atoms with Crippen LogP contribution in [0.1, 0.15) is 50.2 Å². The van der Waals surface area contributed by atoms with Crippen LogP contribution in [-0.2, 0) is 22.4 Å². The number of hydrogen-bond donors (Lipinski definition) is 4. The Morgan fingerprint density at radius 2 is 1.25 bits per heavy atom. The number of aryl methyl sites for hydroxylation is 2. The van der Waals surface area contributed by atoms with Gasteiger partial charge in [-0.25, -0.2) is 0 Å². The highest BCUT2D eigenvalue weighted by atomic mass is 19.4. The van der Waals surface area contributed by atoms with Crippen molar-refractivity contribution in [3.63, 3.8) is 0 Å². The topological polar surface area (TPSA) is 134 Å². The molecule has 0 aliphatic heterocycles. The van der Waals surface area contributed by atoms with E-state index in [0.29, 0.717) is 61.5 Å². The molecule has 0 unspecified atom stereocenters. The van der Waals surface area contributed by atoms with Crippen molar-refractivity contribution < 1.29 is 52.7 Å². The number of benzene rings is 2. The molecule has 0 heterocycles. The minimum absolute atomic E-state index is 0.0884. The molecule has 0 aliphatic carbocycles. The van der Waals surface area contributed by atoms with Crippen LogP contribution in [0.5, 0.6) is 11.5 Å². The first-order chi connectivity index (χ1) is 21.1. The zero-order valence-electron chi connectivity index (χ0n) is 26.1. The second kappa shape index (κ2) is 28.3. The molecular formula is C33H49F3O8. The number of unbranched alkanes of at least 4 members (excludes halogenated alkanes) is 1. The number of carbonyl (C=O) groups excluding carboxylic acids is 2. The molecule has 0 spiro atoms. The molecule has 0 amide bonds.